The minimum atomic E-state index is 0. The molecule has 0 radical (unpaired) electrons. The molecule has 0 heterocycles. The molecule has 3 heteroatoms. The largest absolute Gasteiger partial charge is 4.00 e. The van der Waals surface area contributed by atoms with E-state index in [0.717, 1.165) is 11.8 Å². The normalized spacial score (nSPS) is 17.2. The minimum absolute atomic E-state index is 0. The van der Waals surface area contributed by atoms with Gasteiger partial charge in [0.15, 0.2) is 0 Å². The fraction of sp³-hybridized carbons (Fsp3) is 0.462. The number of hydrogen-bond acceptors (Lipinski definition) is 0. The van der Waals surface area contributed by atoms with Gasteiger partial charge in [-0.1, -0.05) is 82.1 Å². The van der Waals surface area contributed by atoms with E-state index < -0.39 is 0 Å². The molecule has 2 aliphatic rings. The van der Waals surface area contributed by atoms with Crippen LogP contribution >= 0.6 is 0 Å². The second-order valence-electron chi connectivity index (χ2n) is 8.30. The Bertz CT molecular complexity index is 729. The Labute approximate surface area is 208 Å². The molecule has 2 aliphatic carbocycles. The van der Waals surface area contributed by atoms with Crippen molar-refractivity contribution < 1.29 is 51.0 Å². The second kappa shape index (κ2) is 13.8. The molecule has 0 aliphatic heterocycles. The molecular weight excluding hydrogens is 474 g/mol. The third-order valence-electron chi connectivity index (χ3n) is 6.50. The molecule has 0 unspecified atom stereocenters. The van der Waals surface area contributed by atoms with Gasteiger partial charge >= 0.3 is 26.2 Å². The first kappa shape index (κ1) is 26.7. The van der Waals surface area contributed by atoms with Gasteiger partial charge in [0.25, 0.3) is 0 Å². The molecule has 3 aromatic carbocycles. The molecule has 0 nitrogen and oxygen atoms in total. The summed E-state index contributed by atoms with van der Waals surface area (Å²) in [7, 11) is 0. The van der Waals surface area contributed by atoms with Gasteiger partial charge in [-0.05, 0) is 0 Å². The van der Waals surface area contributed by atoms with E-state index in [0.29, 0.717) is 0 Å². The first-order valence-corrected chi connectivity index (χ1v) is 10.8. The van der Waals surface area contributed by atoms with Crippen LogP contribution in [0.15, 0.2) is 60.7 Å². The summed E-state index contributed by atoms with van der Waals surface area (Å²) in [6.45, 7) is 0. The molecule has 3 aromatic rings. The van der Waals surface area contributed by atoms with Crippen molar-refractivity contribution in [3.8, 4) is 0 Å². The summed E-state index contributed by atoms with van der Waals surface area (Å²) in [5, 5.41) is 2.66. The fourth-order valence-corrected chi connectivity index (χ4v) is 4.93. The Morgan fingerprint density at radius 1 is 0.759 bits per heavy atom. The second-order valence-corrected chi connectivity index (χ2v) is 8.30. The molecule has 2 fully saturated rings. The van der Waals surface area contributed by atoms with Gasteiger partial charge in [-0.25, -0.2) is 6.07 Å². The van der Waals surface area contributed by atoms with E-state index in [-0.39, 0.29) is 51.0 Å². The Morgan fingerprint density at radius 3 is 2.10 bits per heavy atom. The monoisotopic (exact) mass is 504 g/mol. The van der Waals surface area contributed by atoms with Crippen LogP contribution in [0.5, 0.6) is 0 Å². The van der Waals surface area contributed by atoms with E-state index in [1.54, 1.807) is 11.1 Å². The van der Waals surface area contributed by atoms with Crippen LogP contribution in [-0.2, 0) is 26.2 Å². The topological polar surface area (TPSA) is 0 Å². The summed E-state index contributed by atoms with van der Waals surface area (Å²) in [4.78, 5) is 0. The average molecular weight is 507 g/mol. The summed E-state index contributed by atoms with van der Waals surface area (Å²) in [6, 6.07) is 22.1. The number of fused-ring (bicyclic) bond motifs is 1. The van der Waals surface area contributed by atoms with E-state index in [1.165, 1.54) is 75.0 Å². The molecule has 0 spiro atoms. The maximum Gasteiger partial charge on any atom is 4.00 e. The van der Waals surface area contributed by atoms with Gasteiger partial charge in [-0.3, -0.25) is 0 Å². The molecule has 2 saturated carbocycles. The Kier molecular flexibility index (Phi) is 12.7. The Hall–Kier alpha value is -0.357. The van der Waals surface area contributed by atoms with Crippen LogP contribution < -0.4 is 24.8 Å². The van der Waals surface area contributed by atoms with E-state index in [4.69, 9.17) is 0 Å². The molecule has 0 bridgehead atoms. The van der Waals surface area contributed by atoms with E-state index in [1.807, 2.05) is 0 Å². The van der Waals surface area contributed by atoms with Gasteiger partial charge in [0.2, 0.25) is 0 Å². The molecule has 0 saturated heterocycles. The molecule has 0 amide bonds. The SMILES string of the molecule is [Cl-].[Cl-].[Zr+4].c1c[c-](C2CCCCC2)cc1C1CCCCC1.c1ccc2[cH-]ccc2c1. The van der Waals surface area contributed by atoms with E-state index >= 15 is 0 Å². The van der Waals surface area contributed by atoms with Crippen LogP contribution in [-0.4, -0.2) is 0 Å². The van der Waals surface area contributed by atoms with Crippen molar-refractivity contribution in [2.45, 2.75) is 76.0 Å². The van der Waals surface area contributed by atoms with Gasteiger partial charge in [-0.15, -0.1) is 29.7 Å². The molecule has 0 N–H and O–H groups in total. The summed E-state index contributed by atoms with van der Waals surface area (Å²) in [6.07, 6.45) is 14.5. The van der Waals surface area contributed by atoms with Crippen molar-refractivity contribution in [1.29, 1.82) is 0 Å². The zero-order valence-electron chi connectivity index (χ0n) is 17.3. The quantitative estimate of drug-likeness (QED) is 0.467. The van der Waals surface area contributed by atoms with Crippen LogP contribution in [0.3, 0.4) is 0 Å². The van der Waals surface area contributed by atoms with Crippen LogP contribution in [0.25, 0.3) is 10.8 Å². The van der Waals surface area contributed by atoms with Crippen LogP contribution in [0.2, 0.25) is 0 Å². The Morgan fingerprint density at radius 2 is 1.41 bits per heavy atom. The molecule has 5 rings (SSSR count). The summed E-state index contributed by atoms with van der Waals surface area (Å²) in [5.74, 6) is 1.78. The average Bonchev–Trinajstić information content (AvgIpc) is 3.40. The standard InChI is InChI=1S/C17H25.C9H7.2ClH.Zr/c1-3-7-14(8-4-1)16-11-12-17(13-16)15-9-5-2-6-10-15;1-2-5-9-7-3-6-8(9)4-1;;;/h11-15H,1-10H2;1-7H;2*1H;/q2*-1;;;+4/p-2. The van der Waals surface area contributed by atoms with Gasteiger partial charge in [0.05, 0.1) is 0 Å². The molecule has 0 atom stereocenters. The van der Waals surface area contributed by atoms with Gasteiger partial charge in [0.1, 0.15) is 0 Å². The van der Waals surface area contributed by atoms with Crippen LogP contribution in [0.4, 0.5) is 0 Å². The van der Waals surface area contributed by atoms with Crippen molar-refractivity contribution in [3.63, 3.8) is 0 Å². The van der Waals surface area contributed by atoms with Crippen molar-refractivity contribution in [1.82, 2.24) is 0 Å². The van der Waals surface area contributed by atoms with E-state index in [9.17, 15) is 0 Å². The maximum atomic E-state index is 2.55. The maximum absolute atomic E-state index is 2.55. The van der Waals surface area contributed by atoms with E-state index in [2.05, 4.69) is 60.7 Å². The predicted molar refractivity (Wildman–Crippen MR) is 113 cm³/mol. The number of rotatable bonds is 2. The molecule has 29 heavy (non-hydrogen) atoms. The fourth-order valence-electron chi connectivity index (χ4n) is 4.93. The van der Waals surface area contributed by atoms with Crippen molar-refractivity contribution in [3.05, 3.63) is 71.8 Å². The summed E-state index contributed by atoms with van der Waals surface area (Å²) >= 11 is 0. The first-order valence-electron chi connectivity index (χ1n) is 10.8. The van der Waals surface area contributed by atoms with Crippen molar-refractivity contribution in [2.24, 2.45) is 0 Å². The molecule has 154 valence electrons. The van der Waals surface area contributed by atoms with Gasteiger partial charge < -0.3 is 24.8 Å². The third kappa shape index (κ3) is 7.38. The van der Waals surface area contributed by atoms with Crippen molar-refractivity contribution in [2.75, 3.05) is 0 Å². The molecule has 0 aromatic heterocycles. The predicted octanol–water partition coefficient (Wildman–Crippen LogP) is 2.07. The van der Waals surface area contributed by atoms with Crippen LogP contribution in [0.1, 0.15) is 87.2 Å². The minimum Gasteiger partial charge on any atom is -1.00 e. The number of hydrogen-bond donors (Lipinski definition) is 0. The van der Waals surface area contributed by atoms with Gasteiger partial charge in [0, 0.05) is 0 Å². The van der Waals surface area contributed by atoms with Crippen LogP contribution in [0, 0.1) is 0 Å². The van der Waals surface area contributed by atoms with Crippen molar-refractivity contribution >= 4 is 10.8 Å². The third-order valence-corrected chi connectivity index (χ3v) is 6.50. The summed E-state index contributed by atoms with van der Waals surface area (Å²) in [5.41, 5.74) is 3.32. The van der Waals surface area contributed by atoms with Gasteiger partial charge in [-0.2, -0.15) is 40.8 Å². The Balaban J connectivity index is 0.000000302. The zero-order chi connectivity index (χ0) is 17.6. The number of halogens is 2. The first-order chi connectivity index (χ1) is 12.9. The number of benzene rings is 1. The molecular formula is C26H32Cl2Zr. The summed E-state index contributed by atoms with van der Waals surface area (Å²) < 4.78 is 0. The smallest absolute Gasteiger partial charge is 1.00 e. The zero-order valence-corrected chi connectivity index (χ0v) is 21.2.